The number of benzene rings is 1. The van der Waals surface area contributed by atoms with E-state index in [4.69, 9.17) is 4.74 Å². The molecule has 0 saturated heterocycles. The Balaban J connectivity index is 2.21. The second-order valence-corrected chi connectivity index (χ2v) is 10.7. The zero-order chi connectivity index (χ0) is 27.0. The summed E-state index contributed by atoms with van der Waals surface area (Å²) in [4.78, 5) is 63.8. The number of ether oxygens (including phenoxy) is 1. The molecule has 2 unspecified atom stereocenters. The van der Waals surface area contributed by atoms with Crippen LogP contribution in [0.3, 0.4) is 0 Å². The first-order chi connectivity index (χ1) is 16.8. The van der Waals surface area contributed by atoms with Gasteiger partial charge in [-0.25, -0.2) is 4.79 Å². The number of rotatable bonds is 10. The molecule has 36 heavy (non-hydrogen) atoms. The van der Waals surface area contributed by atoms with Crippen LogP contribution < -0.4 is 16.0 Å². The number of nitrogens with one attached hydrogen (secondary N) is 3. The lowest BCUT2D eigenvalue weighted by molar-refractivity contribution is -0.135. The summed E-state index contributed by atoms with van der Waals surface area (Å²) in [5.74, 6) is -2.00. The second kappa shape index (κ2) is 12.6. The van der Waals surface area contributed by atoms with Crippen LogP contribution in [-0.4, -0.2) is 71.1 Å². The van der Waals surface area contributed by atoms with Gasteiger partial charge in [0.15, 0.2) is 0 Å². The number of hydrogen-bond donors (Lipinski definition) is 3. The van der Waals surface area contributed by atoms with Crippen LogP contribution in [0.4, 0.5) is 4.79 Å². The highest BCUT2D eigenvalue weighted by atomic mass is 32.2. The number of thioether (sulfide) groups is 1. The molecule has 2 rings (SSSR count). The fourth-order valence-corrected chi connectivity index (χ4v) is 4.19. The van der Waals surface area contributed by atoms with Crippen LogP contribution in [0.15, 0.2) is 41.3 Å². The molecule has 0 spiro atoms. The molecule has 0 aliphatic carbocycles. The molecule has 1 aliphatic heterocycles. The molecule has 1 aromatic rings. The maximum atomic E-state index is 13.3. The van der Waals surface area contributed by atoms with Crippen molar-refractivity contribution >= 4 is 41.5 Å². The van der Waals surface area contributed by atoms with Crippen LogP contribution in [0.1, 0.15) is 40.2 Å². The number of nitrogens with zero attached hydrogens (tertiary/aromatic N) is 1. The number of hydrogen-bond acceptors (Lipinski definition) is 7. The van der Waals surface area contributed by atoms with E-state index in [1.54, 1.807) is 20.8 Å². The third kappa shape index (κ3) is 9.03. The van der Waals surface area contributed by atoms with E-state index in [2.05, 4.69) is 16.0 Å². The first-order valence-electron chi connectivity index (χ1n) is 11.6. The van der Waals surface area contributed by atoms with Crippen molar-refractivity contribution in [1.29, 1.82) is 0 Å². The molecule has 11 heteroatoms. The molecule has 1 aliphatic rings. The monoisotopic (exact) mass is 518 g/mol. The Morgan fingerprint density at radius 2 is 1.58 bits per heavy atom. The quantitative estimate of drug-likeness (QED) is 0.402. The van der Waals surface area contributed by atoms with Gasteiger partial charge in [0.2, 0.25) is 11.8 Å². The maximum Gasteiger partial charge on any atom is 0.408 e. The molecule has 1 aromatic carbocycles. The average Bonchev–Trinajstić information content (AvgIpc) is 3.01. The molecule has 0 fully saturated rings. The predicted molar refractivity (Wildman–Crippen MR) is 137 cm³/mol. The van der Waals surface area contributed by atoms with Crippen molar-refractivity contribution in [3.05, 3.63) is 46.9 Å². The van der Waals surface area contributed by atoms with Crippen molar-refractivity contribution in [3.8, 4) is 0 Å². The average molecular weight is 519 g/mol. The topological polar surface area (TPSA) is 134 Å². The van der Waals surface area contributed by atoms with E-state index in [-0.39, 0.29) is 29.0 Å². The van der Waals surface area contributed by atoms with Gasteiger partial charge in [0.25, 0.3) is 11.8 Å². The largest absolute Gasteiger partial charge is 0.444 e. The smallest absolute Gasteiger partial charge is 0.408 e. The summed E-state index contributed by atoms with van der Waals surface area (Å²) in [7, 11) is 1.36. The van der Waals surface area contributed by atoms with Crippen LogP contribution in [0.2, 0.25) is 0 Å². The summed E-state index contributed by atoms with van der Waals surface area (Å²) < 4.78 is 5.28. The highest BCUT2D eigenvalue weighted by Crippen LogP contribution is 2.24. The molecule has 2 atom stereocenters. The molecular formula is C25H34N4O6S. The fourth-order valence-electron chi connectivity index (χ4n) is 3.16. The molecule has 1 heterocycles. The van der Waals surface area contributed by atoms with Gasteiger partial charge in [0.1, 0.15) is 17.7 Å². The zero-order valence-corrected chi connectivity index (χ0v) is 22.2. The number of likely N-dealkylation sites (N-methyl/N-ethyl adjacent to an activating group) is 1. The summed E-state index contributed by atoms with van der Waals surface area (Å²) in [6.07, 6.45) is 0.596. The lowest BCUT2D eigenvalue weighted by Crippen LogP contribution is -2.56. The first kappa shape index (κ1) is 28.9. The van der Waals surface area contributed by atoms with Crippen molar-refractivity contribution in [3.63, 3.8) is 0 Å². The molecule has 0 aromatic heterocycles. The molecule has 0 radical (unpaired) electrons. The standard InChI is InChI=1S/C25H34N4O6S/c1-15(2)26-21(31)17(12-16-10-8-7-9-11-16)27-22(32)18(28-24(34)35-25(3,4)5)14-36-19-13-20(30)29(6)23(19)33/h7-11,13,15,17-18H,12,14H2,1-6H3,(H,26,31)(H,27,32)(H,28,34). The molecule has 0 saturated carbocycles. The van der Waals surface area contributed by atoms with Gasteiger partial charge in [-0.05, 0) is 40.2 Å². The first-order valence-corrected chi connectivity index (χ1v) is 12.6. The minimum atomic E-state index is -1.15. The van der Waals surface area contributed by atoms with Crippen LogP contribution in [0, 0.1) is 0 Å². The Morgan fingerprint density at radius 1 is 0.972 bits per heavy atom. The molecule has 196 valence electrons. The zero-order valence-electron chi connectivity index (χ0n) is 21.4. The van der Waals surface area contributed by atoms with E-state index in [1.807, 2.05) is 44.2 Å². The minimum absolute atomic E-state index is 0.0619. The van der Waals surface area contributed by atoms with E-state index in [1.165, 1.54) is 13.1 Å². The van der Waals surface area contributed by atoms with Gasteiger partial charge in [-0.15, -0.1) is 11.8 Å². The van der Waals surface area contributed by atoms with Gasteiger partial charge < -0.3 is 20.7 Å². The van der Waals surface area contributed by atoms with Gasteiger partial charge in [0, 0.05) is 31.3 Å². The van der Waals surface area contributed by atoms with Gasteiger partial charge in [-0.3, -0.25) is 24.1 Å². The van der Waals surface area contributed by atoms with Crippen LogP contribution in [0.25, 0.3) is 0 Å². The highest BCUT2D eigenvalue weighted by molar-refractivity contribution is 8.04. The van der Waals surface area contributed by atoms with Crippen LogP contribution in [0.5, 0.6) is 0 Å². The Labute approximate surface area is 215 Å². The van der Waals surface area contributed by atoms with E-state index in [9.17, 15) is 24.0 Å². The van der Waals surface area contributed by atoms with Crippen molar-refractivity contribution in [2.45, 2.75) is 64.8 Å². The molecule has 10 nitrogen and oxygen atoms in total. The summed E-state index contributed by atoms with van der Waals surface area (Å²) >= 11 is 0.964. The second-order valence-electron chi connectivity index (χ2n) is 9.64. The van der Waals surface area contributed by atoms with E-state index >= 15 is 0 Å². The number of alkyl carbamates (subject to hydrolysis) is 1. The Hall–Kier alpha value is -3.34. The maximum absolute atomic E-state index is 13.3. The van der Waals surface area contributed by atoms with Crippen molar-refractivity contribution < 1.29 is 28.7 Å². The predicted octanol–water partition coefficient (Wildman–Crippen LogP) is 1.75. The van der Waals surface area contributed by atoms with Crippen LogP contribution in [-0.2, 0) is 30.3 Å². The fraction of sp³-hybridized carbons (Fsp3) is 0.480. The van der Waals surface area contributed by atoms with Crippen molar-refractivity contribution in [2.24, 2.45) is 0 Å². The van der Waals surface area contributed by atoms with Crippen molar-refractivity contribution in [1.82, 2.24) is 20.9 Å². The Bertz CT molecular complexity index is 1020. The number of carbonyl (C=O) groups excluding carboxylic acids is 5. The number of carbonyl (C=O) groups is 5. The van der Waals surface area contributed by atoms with Gasteiger partial charge in [0.05, 0.1) is 4.91 Å². The Kier molecular flexibility index (Phi) is 10.1. The lowest BCUT2D eigenvalue weighted by Gasteiger charge is -2.25. The minimum Gasteiger partial charge on any atom is -0.444 e. The molecule has 3 N–H and O–H groups in total. The Morgan fingerprint density at radius 3 is 2.11 bits per heavy atom. The lowest BCUT2D eigenvalue weighted by atomic mass is 10.0. The van der Waals surface area contributed by atoms with E-state index in [0.29, 0.717) is 0 Å². The van der Waals surface area contributed by atoms with Crippen LogP contribution >= 0.6 is 11.8 Å². The molecular weight excluding hydrogens is 484 g/mol. The van der Waals surface area contributed by atoms with E-state index in [0.717, 1.165) is 22.2 Å². The third-order valence-electron chi connectivity index (χ3n) is 4.86. The normalized spacial score (nSPS) is 15.3. The molecule has 0 bridgehead atoms. The van der Waals surface area contributed by atoms with Crippen molar-refractivity contribution in [2.75, 3.05) is 12.8 Å². The number of imide groups is 1. The van der Waals surface area contributed by atoms with E-state index < -0.39 is 41.5 Å². The summed E-state index contributed by atoms with van der Waals surface area (Å²) in [6, 6.07) is 7.02. The van der Waals surface area contributed by atoms with Gasteiger partial charge in [-0.1, -0.05) is 30.3 Å². The third-order valence-corrected chi connectivity index (χ3v) is 5.96. The summed E-state index contributed by atoms with van der Waals surface area (Å²) in [5, 5.41) is 8.05. The summed E-state index contributed by atoms with van der Waals surface area (Å²) in [5.41, 5.74) is 0.0422. The SMILES string of the molecule is CC(C)NC(=O)C(Cc1ccccc1)NC(=O)C(CSC1=CC(=O)N(C)C1=O)NC(=O)OC(C)(C)C. The van der Waals surface area contributed by atoms with Gasteiger partial charge in [-0.2, -0.15) is 0 Å². The summed E-state index contributed by atoms with van der Waals surface area (Å²) in [6.45, 7) is 8.69. The molecule has 5 amide bonds. The number of amides is 5. The van der Waals surface area contributed by atoms with Gasteiger partial charge >= 0.3 is 6.09 Å². The highest BCUT2D eigenvalue weighted by Gasteiger charge is 2.32.